The van der Waals surface area contributed by atoms with E-state index in [1.807, 2.05) is 52.5 Å². The number of rotatable bonds is 5. The number of nitrogens with one attached hydrogen (secondary N) is 1. The molecule has 1 aliphatic rings. The molecule has 31 heavy (non-hydrogen) atoms. The molecule has 0 atom stereocenters. The molecule has 158 valence electrons. The molecule has 1 amide bonds. The zero-order valence-electron chi connectivity index (χ0n) is 16.6. The molecular weight excluding hydrogens is 434 g/mol. The molecule has 1 fully saturated rings. The van der Waals surface area contributed by atoms with Crippen molar-refractivity contribution in [1.29, 1.82) is 0 Å². The van der Waals surface area contributed by atoms with Crippen LogP contribution in [0.5, 0.6) is 0 Å². The Morgan fingerprint density at radius 1 is 1.19 bits per heavy atom. The summed E-state index contributed by atoms with van der Waals surface area (Å²) in [6.45, 7) is 4.05. The molecule has 1 N–H and O–H groups in total. The monoisotopic (exact) mass is 453 g/mol. The molecule has 1 saturated heterocycles. The van der Waals surface area contributed by atoms with Gasteiger partial charge in [-0.2, -0.15) is 0 Å². The molecule has 0 unspecified atom stereocenters. The van der Waals surface area contributed by atoms with Crippen molar-refractivity contribution in [1.82, 2.24) is 19.3 Å². The van der Waals surface area contributed by atoms with E-state index in [1.165, 1.54) is 11.3 Å². The third kappa shape index (κ3) is 4.47. The topological polar surface area (TPSA) is 71.8 Å². The van der Waals surface area contributed by atoms with Crippen molar-refractivity contribution >= 4 is 39.6 Å². The largest absolute Gasteiger partial charge is 0.379 e. The molecule has 5 rings (SSSR count). The minimum Gasteiger partial charge on any atom is -0.379 e. The van der Waals surface area contributed by atoms with E-state index >= 15 is 0 Å². The van der Waals surface area contributed by atoms with Crippen LogP contribution in [0.15, 0.2) is 54.2 Å². The lowest BCUT2D eigenvalue weighted by Gasteiger charge is -2.25. The summed E-state index contributed by atoms with van der Waals surface area (Å²) in [5.41, 5.74) is 3.67. The standard InChI is InChI=1S/C22H20ClN5O2S/c23-16-4-1-3-15(11-16)19-13-28-6-2-5-18(20(28)25-19)21(29)26-22-24-17(14-31-22)12-27-7-9-30-10-8-27/h1-6,11,13-14H,7-10,12H2,(H,24,26,29). The van der Waals surface area contributed by atoms with Gasteiger partial charge in [-0.3, -0.25) is 15.0 Å². The van der Waals surface area contributed by atoms with Gasteiger partial charge in [0.25, 0.3) is 5.91 Å². The summed E-state index contributed by atoms with van der Waals surface area (Å²) < 4.78 is 7.23. The van der Waals surface area contributed by atoms with Crippen LogP contribution in [0.2, 0.25) is 5.02 Å². The summed E-state index contributed by atoms with van der Waals surface area (Å²) in [6.07, 6.45) is 3.76. The van der Waals surface area contributed by atoms with Crippen molar-refractivity contribution in [3.63, 3.8) is 0 Å². The van der Waals surface area contributed by atoms with Crippen LogP contribution in [0, 0.1) is 0 Å². The molecule has 0 aliphatic carbocycles. The third-order valence-electron chi connectivity index (χ3n) is 5.11. The van der Waals surface area contributed by atoms with Crippen molar-refractivity contribution in [2.45, 2.75) is 6.54 Å². The van der Waals surface area contributed by atoms with E-state index in [0.717, 1.165) is 49.8 Å². The summed E-state index contributed by atoms with van der Waals surface area (Å²) in [7, 11) is 0. The number of morpholine rings is 1. The van der Waals surface area contributed by atoms with Crippen LogP contribution in [-0.2, 0) is 11.3 Å². The van der Waals surface area contributed by atoms with Gasteiger partial charge in [0.05, 0.1) is 30.2 Å². The van der Waals surface area contributed by atoms with Crippen molar-refractivity contribution < 1.29 is 9.53 Å². The predicted molar refractivity (Wildman–Crippen MR) is 122 cm³/mol. The minimum atomic E-state index is -0.235. The van der Waals surface area contributed by atoms with E-state index in [-0.39, 0.29) is 5.91 Å². The molecule has 3 aromatic heterocycles. The lowest BCUT2D eigenvalue weighted by atomic mass is 10.2. The second kappa shape index (κ2) is 8.76. The van der Waals surface area contributed by atoms with Gasteiger partial charge in [0.1, 0.15) is 5.65 Å². The van der Waals surface area contributed by atoms with Gasteiger partial charge in [-0.25, -0.2) is 9.97 Å². The van der Waals surface area contributed by atoms with E-state index < -0.39 is 0 Å². The Labute approximate surface area is 188 Å². The summed E-state index contributed by atoms with van der Waals surface area (Å²) in [6, 6.07) is 11.1. The predicted octanol–water partition coefficient (Wildman–Crippen LogP) is 4.20. The van der Waals surface area contributed by atoms with E-state index in [9.17, 15) is 4.79 Å². The molecule has 1 aliphatic heterocycles. The number of aromatic nitrogens is 3. The van der Waals surface area contributed by atoms with Gasteiger partial charge in [0.15, 0.2) is 5.13 Å². The highest BCUT2D eigenvalue weighted by Crippen LogP contribution is 2.24. The highest BCUT2D eigenvalue weighted by atomic mass is 35.5. The fraction of sp³-hybridized carbons (Fsp3) is 0.227. The number of pyridine rings is 1. The summed E-state index contributed by atoms with van der Waals surface area (Å²) in [4.78, 5) is 24.5. The fourth-order valence-electron chi connectivity index (χ4n) is 3.57. The van der Waals surface area contributed by atoms with Gasteiger partial charge in [0.2, 0.25) is 0 Å². The number of nitrogens with zero attached hydrogens (tertiary/aromatic N) is 4. The van der Waals surface area contributed by atoms with Crippen LogP contribution in [0.3, 0.4) is 0 Å². The van der Waals surface area contributed by atoms with Crippen molar-refractivity contribution in [3.05, 3.63) is 70.5 Å². The van der Waals surface area contributed by atoms with Crippen LogP contribution in [-0.4, -0.2) is 51.5 Å². The molecule has 0 radical (unpaired) electrons. The van der Waals surface area contributed by atoms with Crippen molar-refractivity contribution in [2.75, 3.05) is 31.6 Å². The summed E-state index contributed by atoms with van der Waals surface area (Å²) in [5, 5.41) is 6.12. The Bertz CT molecular complexity index is 1230. The van der Waals surface area contributed by atoms with Gasteiger partial charge in [-0.1, -0.05) is 23.7 Å². The molecule has 0 spiro atoms. The number of imidazole rings is 1. The number of carbonyl (C=O) groups excluding carboxylic acids is 1. The van der Waals surface area contributed by atoms with Crippen molar-refractivity contribution in [3.8, 4) is 11.3 Å². The highest BCUT2D eigenvalue weighted by Gasteiger charge is 2.17. The number of hydrogen-bond acceptors (Lipinski definition) is 6. The third-order valence-corrected chi connectivity index (χ3v) is 6.15. The first-order valence-electron chi connectivity index (χ1n) is 9.95. The molecule has 0 saturated carbocycles. The Kier molecular flexibility index (Phi) is 5.69. The van der Waals surface area contributed by atoms with Gasteiger partial charge in [0, 0.05) is 48.0 Å². The number of anilines is 1. The number of ether oxygens (including phenoxy) is 1. The molecule has 4 aromatic rings. The van der Waals surface area contributed by atoms with Crippen LogP contribution in [0.4, 0.5) is 5.13 Å². The van der Waals surface area contributed by atoms with Crippen LogP contribution in [0.25, 0.3) is 16.9 Å². The Morgan fingerprint density at radius 3 is 2.90 bits per heavy atom. The zero-order chi connectivity index (χ0) is 21.2. The molecule has 7 nitrogen and oxygen atoms in total. The van der Waals surface area contributed by atoms with E-state index in [0.29, 0.717) is 21.4 Å². The fourth-order valence-corrected chi connectivity index (χ4v) is 4.45. The maximum atomic E-state index is 13.0. The summed E-state index contributed by atoms with van der Waals surface area (Å²) in [5.74, 6) is -0.235. The number of thiazole rings is 1. The van der Waals surface area contributed by atoms with Gasteiger partial charge >= 0.3 is 0 Å². The van der Waals surface area contributed by atoms with E-state index in [4.69, 9.17) is 16.3 Å². The second-order valence-corrected chi connectivity index (χ2v) is 8.57. The highest BCUT2D eigenvalue weighted by molar-refractivity contribution is 7.14. The SMILES string of the molecule is O=C(Nc1nc(CN2CCOCC2)cs1)c1cccn2cc(-c3cccc(Cl)c3)nc12. The minimum absolute atomic E-state index is 0.235. The molecule has 4 heterocycles. The van der Waals surface area contributed by atoms with Crippen LogP contribution in [0.1, 0.15) is 16.1 Å². The lowest BCUT2D eigenvalue weighted by molar-refractivity contribution is 0.0337. The molecule has 9 heteroatoms. The number of benzene rings is 1. The number of hydrogen-bond donors (Lipinski definition) is 1. The van der Waals surface area contributed by atoms with Gasteiger partial charge in [-0.05, 0) is 24.3 Å². The lowest BCUT2D eigenvalue weighted by Crippen LogP contribution is -2.35. The normalized spacial score (nSPS) is 14.7. The maximum Gasteiger partial charge on any atom is 0.261 e. The van der Waals surface area contributed by atoms with E-state index in [1.54, 1.807) is 6.07 Å². The number of halogens is 1. The average Bonchev–Trinajstić information content (AvgIpc) is 3.41. The second-order valence-electron chi connectivity index (χ2n) is 7.28. The quantitative estimate of drug-likeness (QED) is 0.490. The van der Waals surface area contributed by atoms with Crippen molar-refractivity contribution in [2.24, 2.45) is 0 Å². The number of fused-ring (bicyclic) bond motifs is 1. The van der Waals surface area contributed by atoms with E-state index in [2.05, 4.69) is 20.2 Å². The van der Waals surface area contributed by atoms with Gasteiger partial charge < -0.3 is 9.14 Å². The maximum absolute atomic E-state index is 13.0. The smallest absolute Gasteiger partial charge is 0.261 e. The molecule has 1 aromatic carbocycles. The van der Waals surface area contributed by atoms with Crippen LogP contribution >= 0.6 is 22.9 Å². The zero-order valence-corrected chi connectivity index (χ0v) is 18.2. The Hall–Kier alpha value is -2.78. The summed E-state index contributed by atoms with van der Waals surface area (Å²) >= 11 is 7.54. The first-order chi connectivity index (χ1) is 15.2. The van der Waals surface area contributed by atoms with Crippen LogP contribution < -0.4 is 5.32 Å². The Morgan fingerprint density at radius 2 is 2.06 bits per heavy atom. The number of carbonyl (C=O) groups is 1. The number of amides is 1. The Balaban J connectivity index is 1.35. The first-order valence-corrected chi connectivity index (χ1v) is 11.2. The first kappa shape index (κ1) is 20.1. The van der Waals surface area contributed by atoms with Gasteiger partial charge in [-0.15, -0.1) is 11.3 Å². The molecule has 0 bridgehead atoms. The molecular formula is C22H20ClN5O2S. The average molecular weight is 454 g/mol.